The molecule has 0 radical (unpaired) electrons. The average Bonchev–Trinajstić information content (AvgIpc) is 2.60. The van der Waals surface area contributed by atoms with Crippen molar-refractivity contribution in [1.82, 2.24) is 5.32 Å². The highest BCUT2D eigenvalue weighted by Gasteiger charge is 2.17. The number of furan rings is 1. The van der Waals surface area contributed by atoms with Crippen LogP contribution in [0.15, 0.2) is 21.2 Å². The van der Waals surface area contributed by atoms with Crippen molar-refractivity contribution in [2.45, 2.75) is 19.9 Å². The Morgan fingerprint density at radius 2 is 2.27 bits per heavy atom. The molecule has 15 heavy (non-hydrogen) atoms. The maximum Gasteiger partial charge on any atom is 0.287 e. The zero-order valence-corrected chi connectivity index (χ0v) is 12.3. The summed E-state index contributed by atoms with van der Waals surface area (Å²) in [7, 11) is 0. The van der Waals surface area contributed by atoms with E-state index in [0.717, 1.165) is 4.43 Å². The Morgan fingerprint density at radius 1 is 1.60 bits per heavy atom. The van der Waals surface area contributed by atoms with Crippen molar-refractivity contribution < 1.29 is 9.21 Å². The summed E-state index contributed by atoms with van der Waals surface area (Å²) in [6.45, 7) is 4.17. The minimum Gasteiger partial charge on any atom is -0.444 e. The van der Waals surface area contributed by atoms with Gasteiger partial charge in [0.1, 0.15) is 0 Å². The molecular formula is C10H13BrINO2. The predicted molar refractivity (Wildman–Crippen MR) is 71.4 cm³/mol. The number of halogens is 2. The number of carbonyl (C=O) groups excluding carboxylic acids is 1. The Hall–Kier alpha value is -0.0400. The lowest BCUT2D eigenvalue weighted by Gasteiger charge is -2.18. The Balaban J connectivity index is 2.62. The molecule has 0 aliphatic rings. The number of amides is 1. The van der Waals surface area contributed by atoms with E-state index in [1.807, 2.05) is 0 Å². The molecule has 0 aliphatic heterocycles. The highest BCUT2D eigenvalue weighted by molar-refractivity contribution is 14.1. The van der Waals surface area contributed by atoms with Gasteiger partial charge in [-0.25, -0.2) is 0 Å². The number of carbonyl (C=O) groups is 1. The summed E-state index contributed by atoms with van der Waals surface area (Å²) in [5.41, 5.74) is 0. The second-order valence-electron chi connectivity index (χ2n) is 3.58. The molecule has 5 heteroatoms. The Labute approximate surface area is 111 Å². The molecule has 1 rings (SSSR count). The smallest absolute Gasteiger partial charge is 0.287 e. The van der Waals surface area contributed by atoms with E-state index < -0.39 is 0 Å². The Morgan fingerprint density at radius 3 is 2.67 bits per heavy atom. The summed E-state index contributed by atoms with van der Waals surface area (Å²) in [6.07, 6.45) is 0. The topological polar surface area (TPSA) is 42.2 Å². The largest absolute Gasteiger partial charge is 0.444 e. The lowest BCUT2D eigenvalue weighted by atomic mass is 10.1. The second kappa shape index (κ2) is 5.89. The third-order valence-corrected chi connectivity index (χ3v) is 3.46. The molecule has 1 N–H and O–H groups in total. The van der Waals surface area contributed by atoms with E-state index in [1.54, 1.807) is 12.1 Å². The number of hydrogen-bond acceptors (Lipinski definition) is 2. The van der Waals surface area contributed by atoms with Crippen molar-refractivity contribution in [2.24, 2.45) is 5.92 Å². The molecule has 1 atom stereocenters. The molecule has 0 saturated carbocycles. The molecule has 0 bridgehead atoms. The summed E-state index contributed by atoms with van der Waals surface area (Å²) in [4.78, 5) is 11.7. The van der Waals surface area contributed by atoms with Crippen molar-refractivity contribution in [1.29, 1.82) is 0 Å². The van der Waals surface area contributed by atoms with Gasteiger partial charge in [-0.2, -0.15) is 0 Å². The minimum absolute atomic E-state index is 0.156. The number of alkyl halides is 1. The average molecular weight is 386 g/mol. The highest BCUT2D eigenvalue weighted by atomic mass is 127. The maximum atomic E-state index is 11.7. The first-order valence-electron chi connectivity index (χ1n) is 4.66. The summed E-state index contributed by atoms with van der Waals surface area (Å²) < 4.78 is 6.64. The van der Waals surface area contributed by atoms with Crippen molar-refractivity contribution in [3.63, 3.8) is 0 Å². The maximum absolute atomic E-state index is 11.7. The number of nitrogens with one attached hydrogen (secondary N) is 1. The van der Waals surface area contributed by atoms with Crippen LogP contribution in [-0.4, -0.2) is 16.4 Å². The predicted octanol–water partition coefficient (Wildman–Crippen LogP) is 3.23. The van der Waals surface area contributed by atoms with E-state index in [2.05, 4.69) is 57.7 Å². The van der Waals surface area contributed by atoms with Crippen LogP contribution in [0.4, 0.5) is 0 Å². The monoisotopic (exact) mass is 385 g/mol. The normalized spacial score (nSPS) is 12.9. The van der Waals surface area contributed by atoms with Crippen LogP contribution in [0.1, 0.15) is 24.4 Å². The first kappa shape index (κ1) is 13.0. The van der Waals surface area contributed by atoms with E-state index >= 15 is 0 Å². The number of hydrogen-bond donors (Lipinski definition) is 1. The van der Waals surface area contributed by atoms with Crippen LogP contribution in [0.3, 0.4) is 0 Å². The molecule has 3 nitrogen and oxygen atoms in total. The van der Waals surface area contributed by atoms with Crippen LogP contribution in [-0.2, 0) is 0 Å². The molecule has 1 amide bonds. The van der Waals surface area contributed by atoms with Gasteiger partial charge >= 0.3 is 0 Å². The molecule has 1 heterocycles. The quantitative estimate of drug-likeness (QED) is 0.638. The SMILES string of the molecule is CC(C)C(CI)NC(=O)c1ccc(Br)o1. The molecule has 0 fully saturated rings. The molecular weight excluding hydrogens is 373 g/mol. The van der Waals surface area contributed by atoms with E-state index in [4.69, 9.17) is 4.42 Å². The van der Waals surface area contributed by atoms with Crippen molar-refractivity contribution in [3.8, 4) is 0 Å². The molecule has 0 spiro atoms. The molecule has 1 aromatic rings. The van der Waals surface area contributed by atoms with Gasteiger partial charge in [-0.05, 0) is 34.0 Å². The van der Waals surface area contributed by atoms with Gasteiger partial charge in [0.2, 0.25) is 0 Å². The van der Waals surface area contributed by atoms with Gasteiger partial charge in [0, 0.05) is 10.5 Å². The zero-order chi connectivity index (χ0) is 11.4. The van der Waals surface area contributed by atoms with E-state index in [-0.39, 0.29) is 11.9 Å². The van der Waals surface area contributed by atoms with Crippen LogP contribution in [0.2, 0.25) is 0 Å². The van der Waals surface area contributed by atoms with Crippen molar-refractivity contribution in [3.05, 3.63) is 22.6 Å². The third kappa shape index (κ3) is 3.79. The summed E-state index contributed by atoms with van der Waals surface area (Å²) in [5.74, 6) is 0.609. The lowest BCUT2D eigenvalue weighted by molar-refractivity contribution is 0.0903. The fraction of sp³-hybridized carbons (Fsp3) is 0.500. The van der Waals surface area contributed by atoms with Crippen LogP contribution >= 0.6 is 38.5 Å². The molecule has 1 aromatic heterocycles. The van der Waals surface area contributed by atoms with Gasteiger partial charge in [0.25, 0.3) is 5.91 Å². The first-order valence-corrected chi connectivity index (χ1v) is 6.98. The lowest BCUT2D eigenvalue weighted by Crippen LogP contribution is -2.39. The first-order chi connectivity index (χ1) is 7.04. The fourth-order valence-corrected chi connectivity index (χ4v) is 2.60. The standard InChI is InChI=1S/C10H13BrINO2/c1-6(2)7(5-12)13-10(14)8-3-4-9(11)15-8/h3-4,6-7H,5H2,1-2H3,(H,13,14). The van der Waals surface area contributed by atoms with E-state index in [9.17, 15) is 4.79 Å². The summed E-state index contributed by atoms with van der Waals surface area (Å²) >= 11 is 5.43. The van der Waals surface area contributed by atoms with Crippen molar-refractivity contribution >= 4 is 44.4 Å². The molecule has 0 saturated heterocycles. The van der Waals surface area contributed by atoms with Crippen LogP contribution in [0.25, 0.3) is 0 Å². The highest BCUT2D eigenvalue weighted by Crippen LogP contribution is 2.14. The number of rotatable bonds is 4. The van der Waals surface area contributed by atoms with Crippen molar-refractivity contribution in [2.75, 3.05) is 4.43 Å². The second-order valence-corrected chi connectivity index (χ2v) is 5.24. The van der Waals surface area contributed by atoms with Crippen LogP contribution < -0.4 is 5.32 Å². The molecule has 1 unspecified atom stereocenters. The molecule has 84 valence electrons. The summed E-state index contributed by atoms with van der Waals surface area (Å²) in [6, 6.07) is 3.55. The van der Waals surface area contributed by atoms with Gasteiger partial charge in [0.05, 0.1) is 0 Å². The van der Waals surface area contributed by atoms with Gasteiger partial charge in [-0.1, -0.05) is 36.4 Å². The third-order valence-electron chi connectivity index (χ3n) is 2.08. The molecule has 0 aliphatic carbocycles. The fourth-order valence-electron chi connectivity index (χ4n) is 1.06. The van der Waals surface area contributed by atoms with Gasteiger partial charge in [-0.15, -0.1) is 0 Å². The van der Waals surface area contributed by atoms with Gasteiger partial charge in [-0.3, -0.25) is 4.79 Å². The van der Waals surface area contributed by atoms with Crippen LogP contribution in [0.5, 0.6) is 0 Å². The van der Waals surface area contributed by atoms with E-state index in [0.29, 0.717) is 16.3 Å². The molecule has 0 aromatic carbocycles. The summed E-state index contributed by atoms with van der Waals surface area (Å²) in [5, 5.41) is 2.93. The van der Waals surface area contributed by atoms with E-state index in [1.165, 1.54) is 0 Å². The Bertz CT molecular complexity index is 338. The van der Waals surface area contributed by atoms with Crippen LogP contribution in [0, 0.1) is 5.92 Å². The van der Waals surface area contributed by atoms with Gasteiger partial charge < -0.3 is 9.73 Å². The minimum atomic E-state index is -0.156. The zero-order valence-electron chi connectivity index (χ0n) is 8.59. The van der Waals surface area contributed by atoms with Gasteiger partial charge in [0.15, 0.2) is 10.4 Å². The Kier molecular flexibility index (Phi) is 5.11.